The molecule has 2 amide bonds. The van der Waals surface area contributed by atoms with Crippen LogP contribution in [-0.4, -0.2) is 17.9 Å². The van der Waals surface area contributed by atoms with Gasteiger partial charge in [0.2, 0.25) is 5.91 Å². The Labute approximate surface area is 180 Å². The Balaban J connectivity index is 1.57. The van der Waals surface area contributed by atoms with Gasteiger partial charge in [-0.25, -0.2) is 0 Å². The number of benzene rings is 3. The number of hydrogen-bond acceptors (Lipinski definition) is 3. The third kappa shape index (κ3) is 4.47. The van der Waals surface area contributed by atoms with Crippen LogP contribution in [0, 0.1) is 0 Å². The van der Waals surface area contributed by atoms with E-state index in [9.17, 15) is 9.59 Å². The smallest absolute Gasteiger partial charge is 0.268 e. The second-order valence-electron chi connectivity index (χ2n) is 7.21. The number of halogens is 1. The van der Waals surface area contributed by atoms with Crippen molar-refractivity contribution in [3.63, 3.8) is 0 Å². The molecule has 6 heteroatoms. The van der Waals surface area contributed by atoms with Crippen molar-refractivity contribution in [1.82, 2.24) is 0 Å². The SMILES string of the molecule is CC1Oc2ccc(NC(=O)Cc3ccccc3)cc2N(Cc2cccc(Cl)c2)C1=O. The van der Waals surface area contributed by atoms with E-state index in [0.717, 1.165) is 11.1 Å². The van der Waals surface area contributed by atoms with E-state index in [-0.39, 0.29) is 18.2 Å². The minimum absolute atomic E-state index is 0.126. The van der Waals surface area contributed by atoms with E-state index in [2.05, 4.69) is 5.32 Å². The Kier molecular flexibility index (Phi) is 5.72. The Morgan fingerprint density at radius 1 is 1.03 bits per heavy atom. The number of fused-ring (bicyclic) bond motifs is 1. The molecule has 0 bridgehead atoms. The molecule has 0 spiro atoms. The molecule has 3 aromatic rings. The van der Waals surface area contributed by atoms with Gasteiger partial charge in [-0.2, -0.15) is 0 Å². The number of anilines is 2. The van der Waals surface area contributed by atoms with Crippen molar-refractivity contribution in [3.05, 3.63) is 88.9 Å². The number of nitrogens with zero attached hydrogens (tertiary/aromatic N) is 1. The van der Waals surface area contributed by atoms with Gasteiger partial charge in [0, 0.05) is 10.7 Å². The summed E-state index contributed by atoms with van der Waals surface area (Å²) < 4.78 is 5.76. The number of rotatable bonds is 5. The average Bonchev–Trinajstić information content (AvgIpc) is 2.72. The first kappa shape index (κ1) is 20.0. The van der Waals surface area contributed by atoms with Gasteiger partial charge in [-0.15, -0.1) is 0 Å². The molecule has 0 saturated heterocycles. The van der Waals surface area contributed by atoms with Gasteiger partial charge in [-0.05, 0) is 48.4 Å². The topological polar surface area (TPSA) is 58.6 Å². The fourth-order valence-corrected chi connectivity index (χ4v) is 3.67. The number of nitrogens with one attached hydrogen (secondary N) is 1. The van der Waals surface area contributed by atoms with E-state index in [4.69, 9.17) is 16.3 Å². The van der Waals surface area contributed by atoms with E-state index in [1.807, 2.05) is 48.5 Å². The molecule has 0 aromatic heterocycles. The van der Waals surface area contributed by atoms with Crippen molar-refractivity contribution >= 4 is 34.8 Å². The maximum absolute atomic E-state index is 12.8. The lowest BCUT2D eigenvalue weighted by Gasteiger charge is -2.33. The third-order valence-corrected chi connectivity index (χ3v) is 5.12. The minimum atomic E-state index is -0.588. The van der Waals surface area contributed by atoms with Crippen LogP contribution in [0.5, 0.6) is 5.75 Å². The van der Waals surface area contributed by atoms with Crippen molar-refractivity contribution in [2.75, 3.05) is 10.2 Å². The number of hydrogen-bond donors (Lipinski definition) is 1. The lowest BCUT2D eigenvalue weighted by molar-refractivity contribution is -0.125. The van der Waals surface area contributed by atoms with E-state index < -0.39 is 6.10 Å². The van der Waals surface area contributed by atoms with Gasteiger partial charge in [0.15, 0.2) is 6.10 Å². The summed E-state index contributed by atoms with van der Waals surface area (Å²) >= 11 is 6.10. The summed E-state index contributed by atoms with van der Waals surface area (Å²) in [4.78, 5) is 26.9. The molecule has 1 heterocycles. The second-order valence-corrected chi connectivity index (χ2v) is 7.64. The Morgan fingerprint density at radius 2 is 1.80 bits per heavy atom. The van der Waals surface area contributed by atoms with Gasteiger partial charge in [0.25, 0.3) is 5.91 Å². The maximum atomic E-state index is 12.8. The zero-order chi connectivity index (χ0) is 21.1. The largest absolute Gasteiger partial charge is 0.479 e. The highest BCUT2D eigenvalue weighted by Gasteiger charge is 2.31. The molecule has 30 heavy (non-hydrogen) atoms. The molecule has 0 radical (unpaired) electrons. The van der Waals surface area contributed by atoms with Crippen molar-refractivity contribution in [2.24, 2.45) is 0 Å². The fourth-order valence-electron chi connectivity index (χ4n) is 3.45. The van der Waals surface area contributed by atoms with Crippen LogP contribution in [0.2, 0.25) is 5.02 Å². The van der Waals surface area contributed by atoms with Crippen molar-refractivity contribution in [2.45, 2.75) is 26.0 Å². The maximum Gasteiger partial charge on any atom is 0.268 e. The average molecular weight is 421 g/mol. The van der Waals surface area contributed by atoms with Crippen molar-refractivity contribution in [3.8, 4) is 5.75 Å². The molecule has 0 aliphatic carbocycles. The van der Waals surface area contributed by atoms with Crippen LogP contribution in [0.1, 0.15) is 18.1 Å². The number of carbonyl (C=O) groups is 2. The molecule has 1 aliphatic heterocycles. The molecule has 3 aromatic carbocycles. The number of ether oxygens (including phenoxy) is 1. The van der Waals surface area contributed by atoms with Crippen LogP contribution >= 0.6 is 11.6 Å². The van der Waals surface area contributed by atoms with Crippen molar-refractivity contribution in [1.29, 1.82) is 0 Å². The summed E-state index contributed by atoms with van der Waals surface area (Å²) in [6.45, 7) is 2.09. The first-order valence-electron chi connectivity index (χ1n) is 9.70. The van der Waals surface area contributed by atoms with Gasteiger partial charge in [0.1, 0.15) is 5.75 Å². The van der Waals surface area contributed by atoms with Gasteiger partial charge >= 0.3 is 0 Å². The van der Waals surface area contributed by atoms with E-state index in [0.29, 0.717) is 28.7 Å². The second kappa shape index (κ2) is 8.59. The lowest BCUT2D eigenvalue weighted by Crippen LogP contribution is -2.44. The van der Waals surface area contributed by atoms with Crippen LogP contribution in [-0.2, 0) is 22.6 Å². The normalized spacial score (nSPS) is 15.3. The zero-order valence-corrected chi connectivity index (χ0v) is 17.2. The minimum Gasteiger partial charge on any atom is -0.479 e. The molecular formula is C24H21ClN2O3. The molecule has 4 rings (SSSR count). The Morgan fingerprint density at radius 3 is 2.57 bits per heavy atom. The van der Waals surface area contributed by atoms with Gasteiger partial charge in [-0.1, -0.05) is 54.1 Å². The Hall–Kier alpha value is -3.31. The van der Waals surface area contributed by atoms with Crippen LogP contribution in [0.15, 0.2) is 72.8 Å². The molecule has 152 valence electrons. The highest BCUT2D eigenvalue weighted by molar-refractivity contribution is 6.30. The summed E-state index contributed by atoms with van der Waals surface area (Å²) in [5, 5.41) is 3.52. The Bertz CT molecular complexity index is 1080. The molecule has 5 nitrogen and oxygen atoms in total. The standard InChI is InChI=1S/C24H21ClN2O3/c1-16-24(29)27(15-18-8-5-9-19(25)12-18)21-14-20(10-11-22(21)30-16)26-23(28)13-17-6-3-2-4-7-17/h2-12,14,16H,13,15H2,1H3,(H,26,28). The number of carbonyl (C=O) groups excluding carboxylic acids is 2. The number of amides is 2. The molecular weight excluding hydrogens is 400 g/mol. The summed E-state index contributed by atoms with van der Waals surface area (Å²) in [6, 6.07) is 22.3. The summed E-state index contributed by atoms with van der Waals surface area (Å²) in [5.41, 5.74) is 3.07. The highest BCUT2D eigenvalue weighted by atomic mass is 35.5. The first-order chi connectivity index (χ1) is 14.5. The molecule has 1 unspecified atom stereocenters. The summed E-state index contributed by atoms with van der Waals surface area (Å²) in [6.07, 6.45) is -0.313. The van der Waals surface area contributed by atoms with Crippen LogP contribution in [0.25, 0.3) is 0 Å². The van der Waals surface area contributed by atoms with E-state index in [1.54, 1.807) is 36.1 Å². The van der Waals surface area contributed by atoms with E-state index in [1.165, 1.54) is 0 Å². The molecule has 1 N–H and O–H groups in total. The predicted octanol–water partition coefficient (Wildman–Crippen LogP) is 4.84. The van der Waals surface area contributed by atoms with Gasteiger partial charge < -0.3 is 15.0 Å². The summed E-state index contributed by atoms with van der Waals surface area (Å²) in [5.74, 6) is 0.333. The molecule has 1 aliphatic rings. The quantitative estimate of drug-likeness (QED) is 0.642. The fraction of sp³-hybridized carbons (Fsp3) is 0.167. The molecule has 0 saturated carbocycles. The zero-order valence-electron chi connectivity index (χ0n) is 16.5. The summed E-state index contributed by atoms with van der Waals surface area (Å²) in [7, 11) is 0. The van der Waals surface area contributed by atoms with Crippen LogP contribution < -0.4 is 15.0 Å². The van der Waals surface area contributed by atoms with Gasteiger partial charge in [-0.3, -0.25) is 9.59 Å². The molecule has 0 fully saturated rings. The van der Waals surface area contributed by atoms with E-state index >= 15 is 0 Å². The first-order valence-corrected chi connectivity index (χ1v) is 10.1. The van der Waals surface area contributed by atoms with Gasteiger partial charge in [0.05, 0.1) is 18.7 Å². The highest BCUT2D eigenvalue weighted by Crippen LogP contribution is 2.37. The molecule has 1 atom stereocenters. The van der Waals surface area contributed by atoms with Crippen LogP contribution in [0.4, 0.5) is 11.4 Å². The monoisotopic (exact) mass is 420 g/mol. The van der Waals surface area contributed by atoms with Crippen molar-refractivity contribution < 1.29 is 14.3 Å². The lowest BCUT2D eigenvalue weighted by atomic mass is 10.1. The van der Waals surface area contributed by atoms with Crippen LogP contribution in [0.3, 0.4) is 0 Å². The third-order valence-electron chi connectivity index (χ3n) is 4.89. The predicted molar refractivity (Wildman–Crippen MR) is 118 cm³/mol.